The van der Waals surface area contributed by atoms with Crippen LogP contribution in [0.5, 0.6) is 0 Å². The van der Waals surface area contributed by atoms with Gasteiger partial charge in [-0.25, -0.2) is 4.79 Å². The summed E-state index contributed by atoms with van der Waals surface area (Å²) in [7, 11) is 0. The zero-order chi connectivity index (χ0) is 15.5. The number of rotatable bonds is 5. The first kappa shape index (κ1) is 15.2. The Bertz CT molecular complexity index is 552. The average molecular weight is 294 g/mol. The minimum atomic E-state index is -1.21. The normalized spacial score (nSPS) is 17.2. The lowest BCUT2D eigenvalue weighted by Gasteiger charge is -2.32. The van der Waals surface area contributed by atoms with Crippen molar-refractivity contribution in [3.63, 3.8) is 0 Å². The Morgan fingerprint density at radius 3 is 2.57 bits per heavy atom. The van der Waals surface area contributed by atoms with Gasteiger partial charge in [0.05, 0.1) is 16.1 Å². The molecule has 0 heterocycles. The van der Waals surface area contributed by atoms with Crippen molar-refractivity contribution < 1.29 is 19.9 Å². The van der Waals surface area contributed by atoms with Crippen molar-refractivity contribution in [2.24, 2.45) is 0 Å². The van der Waals surface area contributed by atoms with Crippen LogP contribution in [0.15, 0.2) is 18.2 Å². The van der Waals surface area contributed by atoms with Crippen LogP contribution in [0, 0.1) is 10.1 Å². The number of hydrogen-bond acceptors (Lipinski definition) is 5. The lowest BCUT2D eigenvalue weighted by atomic mass is 9.85. The van der Waals surface area contributed by atoms with E-state index in [2.05, 4.69) is 5.32 Å². The summed E-state index contributed by atoms with van der Waals surface area (Å²) in [5.74, 6) is -1.21. The highest BCUT2D eigenvalue weighted by atomic mass is 16.6. The van der Waals surface area contributed by atoms with E-state index < -0.39 is 16.5 Å². The number of nitro benzene ring substituents is 1. The summed E-state index contributed by atoms with van der Waals surface area (Å²) in [6, 6.07) is 3.70. The van der Waals surface area contributed by atoms with Crippen molar-refractivity contribution in [1.82, 2.24) is 0 Å². The molecule has 1 aliphatic rings. The van der Waals surface area contributed by atoms with E-state index in [1.54, 1.807) is 0 Å². The van der Waals surface area contributed by atoms with Gasteiger partial charge < -0.3 is 15.5 Å². The number of aliphatic hydroxyl groups is 1. The monoisotopic (exact) mass is 294 g/mol. The van der Waals surface area contributed by atoms with Gasteiger partial charge in [-0.1, -0.05) is 19.3 Å². The van der Waals surface area contributed by atoms with Gasteiger partial charge in [-0.2, -0.15) is 0 Å². The zero-order valence-corrected chi connectivity index (χ0v) is 11.5. The summed E-state index contributed by atoms with van der Waals surface area (Å²) in [5, 5.41) is 33.2. The number of nitrogens with one attached hydrogen (secondary N) is 1. The fourth-order valence-corrected chi connectivity index (χ4v) is 2.61. The SMILES string of the molecule is O=C(O)c1ccc(NCC2(O)CCCCC2)c([N+](=O)[O-])c1. The van der Waals surface area contributed by atoms with Crippen molar-refractivity contribution in [3.05, 3.63) is 33.9 Å². The highest BCUT2D eigenvalue weighted by Crippen LogP contribution is 2.30. The number of aromatic carboxylic acids is 1. The molecule has 1 aromatic rings. The largest absolute Gasteiger partial charge is 0.478 e. The fraction of sp³-hybridized carbons (Fsp3) is 0.500. The van der Waals surface area contributed by atoms with Gasteiger partial charge in [0.2, 0.25) is 0 Å². The Balaban J connectivity index is 2.15. The lowest BCUT2D eigenvalue weighted by molar-refractivity contribution is -0.384. The summed E-state index contributed by atoms with van der Waals surface area (Å²) in [5.41, 5.74) is -1.06. The molecule has 2 rings (SSSR count). The summed E-state index contributed by atoms with van der Waals surface area (Å²) in [6.07, 6.45) is 4.31. The minimum Gasteiger partial charge on any atom is -0.478 e. The Hall–Kier alpha value is -2.15. The number of carboxylic acid groups (broad SMARTS) is 1. The molecule has 7 heteroatoms. The molecular weight excluding hydrogens is 276 g/mol. The molecule has 0 unspecified atom stereocenters. The Kier molecular flexibility index (Phi) is 4.42. The molecule has 0 atom stereocenters. The van der Waals surface area contributed by atoms with Gasteiger partial charge in [-0.15, -0.1) is 0 Å². The van der Waals surface area contributed by atoms with E-state index in [-0.39, 0.29) is 23.5 Å². The van der Waals surface area contributed by atoms with Crippen molar-refractivity contribution in [2.75, 3.05) is 11.9 Å². The minimum absolute atomic E-state index is 0.136. The second-order valence-corrected chi connectivity index (χ2v) is 5.43. The molecule has 1 fully saturated rings. The Morgan fingerprint density at radius 2 is 2.00 bits per heavy atom. The van der Waals surface area contributed by atoms with E-state index in [9.17, 15) is 20.0 Å². The van der Waals surface area contributed by atoms with E-state index in [1.807, 2.05) is 0 Å². The summed E-state index contributed by atoms with van der Waals surface area (Å²) < 4.78 is 0. The standard InChI is InChI=1S/C14H18N2O5/c17-13(18)10-4-5-11(12(8-10)16(20)21)15-9-14(19)6-2-1-3-7-14/h4-5,8,15,19H,1-3,6-7,9H2,(H,17,18). The maximum atomic E-state index is 11.0. The topological polar surface area (TPSA) is 113 Å². The Labute approximate surface area is 121 Å². The van der Waals surface area contributed by atoms with E-state index in [0.717, 1.165) is 25.3 Å². The van der Waals surface area contributed by atoms with Crippen LogP contribution in [-0.2, 0) is 0 Å². The highest BCUT2D eigenvalue weighted by Gasteiger charge is 2.29. The number of carbonyl (C=O) groups is 1. The van der Waals surface area contributed by atoms with Gasteiger partial charge in [0.1, 0.15) is 5.69 Å². The van der Waals surface area contributed by atoms with Crippen LogP contribution in [0.25, 0.3) is 0 Å². The van der Waals surface area contributed by atoms with Crippen molar-refractivity contribution in [2.45, 2.75) is 37.7 Å². The highest BCUT2D eigenvalue weighted by molar-refractivity contribution is 5.89. The molecular formula is C14H18N2O5. The zero-order valence-electron chi connectivity index (χ0n) is 11.5. The van der Waals surface area contributed by atoms with E-state index in [4.69, 9.17) is 5.11 Å². The number of carboxylic acids is 1. The fourth-order valence-electron chi connectivity index (χ4n) is 2.61. The second-order valence-electron chi connectivity index (χ2n) is 5.43. The van der Waals surface area contributed by atoms with Crippen LogP contribution in [0.2, 0.25) is 0 Å². The van der Waals surface area contributed by atoms with Gasteiger partial charge in [-0.3, -0.25) is 10.1 Å². The molecule has 114 valence electrons. The number of nitrogens with zero attached hydrogens (tertiary/aromatic N) is 1. The maximum Gasteiger partial charge on any atom is 0.335 e. The van der Waals surface area contributed by atoms with Gasteiger partial charge in [0.25, 0.3) is 5.69 Å². The lowest BCUT2D eigenvalue weighted by Crippen LogP contribution is -2.38. The van der Waals surface area contributed by atoms with E-state index >= 15 is 0 Å². The first-order valence-electron chi connectivity index (χ1n) is 6.89. The van der Waals surface area contributed by atoms with Crippen LogP contribution >= 0.6 is 0 Å². The molecule has 7 nitrogen and oxygen atoms in total. The summed E-state index contributed by atoms with van der Waals surface area (Å²) >= 11 is 0. The third kappa shape index (κ3) is 3.69. The van der Waals surface area contributed by atoms with Crippen molar-refractivity contribution in [1.29, 1.82) is 0 Å². The first-order chi connectivity index (χ1) is 9.91. The third-order valence-corrected chi connectivity index (χ3v) is 3.83. The van der Waals surface area contributed by atoms with E-state index in [1.165, 1.54) is 12.1 Å². The molecule has 3 N–H and O–H groups in total. The van der Waals surface area contributed by atoms with Gasteiger partial charge in [-0.05, 0) is 25.0 Å². The van der Waals surface area contributed by atoms with E-state index in [0.29, 0.717) is 12.8 Å². The smallest absolute Gasteiger partial charge is 0.335 e. The molecule has 0 aliphatic heterocycles. The summed E-state index contributed by atoms with van der Waals surface area (Å²) in [4.78, 5) is 21.3. The van der Waals surface area contributed by atoms with Crippen LogP contribution < -0.4 is 5.32 Å². The molecule has 0 saturated heterocycles. The number of hydrogen-bond donors (Lipinski definition) is 3. The molecule has 1 saturated carbocycles. The second kappa shape index (κ2) is 6.09. The van der Waals surface area contributed by atoms with Gasteiger partial charge in [0, 0.05) is 12.6 Å². The van der Waals surface area contributed by atoms with Crippen LogP contribution in [-0.4, -0.2) is 33.3 Å². The van der Waals surface area contributed by atoms with Crippen molar-refractivity contribution >= 4 is 17.3 Å². The molecule has 0 bridgehead atoms. The predicted octanol–water partition coefficient (Wildman–Crippen LogP) is 2.40. The van der Waals surface area contributed by atoms with Gasteiger partial charge >= 0.3 is 5.97 Å². The van der Waals surface area contributed by atoms with Gasteiger partial charge in [0.15, 0.2) is 0 Å². The molecule has 1 aromatic carbocycles. The number of anilines is 1. The van der Waals surface area contributed by atoms with Crippen LogP contribution in [0.3, 0.4) is 0 Å². The predicted molar refractivity (Wildman–Crippen MR) is 76.6 cm³/mol. The number of nitro groups is 1. The molecule has 1 aliphatic carbocycles. The molecule has 0 spiro atoms. The first-order valence-corrected chi connectivity index (χ1v) is 6.89. The summed E-state index contributed by atoms with van der Waals surface area (Å²) in [6.45, 7) is 0.222. The molecule has 0 radical (unpaired) electrons. The maximum absolute atomic E-state index is 11.0. The van der Waals surface area contributed by atoms with Crippen LogP contribution in [0.1, 0.15) is 42.5 Å². The average Bonchev–Trinajstić information content (AvgIpc) is 2.45. The molecule has 0 amide bonds. The quantitative estimate of drug-likeness (QED) is 0.567. The molecule has 21 heavy (non-hydrogen) atoms. The Morgan fingerprint density at radius 1 is 1.33 bits per heavy atom. The molecule has 0 aromatic heterocycles. The third-order valence-electron chi connectivity index (χ3n) is 3.83. The number of benzene rings is 1. The van der Waals surface area contributed by atoms with Crippen LogP contribution in [0.4, 0.5) is 11.4 Å². The van der Waals surface area contributed by atoms with Crippen molar-refractivity contribution in [3.8, 4) is 0 Å².